The Hall–Kier alpha value is -1.66. The predicted molar refractivity (Wildman–Crippen MR) is 84.0 cm³/mol. The molecule has 1 saturated heterocycles. The highest BCUT2D eigenvalue weighted by Crippen LogP contribution is 2.36. The molecule has 4 nitrogen and oxygen atoms in total. The molecule has 22 heavy (non-hydrogen) atoms. The fourth-order valence-electron chi connectivity index (χ4n) is 2.39. The molecule has 0 aliphatic carbocycles. The van der Waals surface area contributed by atoms with Crippen LogP contribution in [-0.4, -0.2) is 28.1 Å². The predicted octanol–water partition coefficient (Wildman–Crippen LogP) is 2.62. The van der Waals surface area contributed by atoms with Crippen molar-refractivity contribution in [3.8, 4) is 5.69 Å². The van der Waals surface area contributed by atoms with E-state index in [0.29, 0.717) is 11.3 Å². The van der Waals surface area contributed by atoms with Crippen molar-refractivity contribution >= 4 is 12.7 Å². The lowest BCUT2D eigenvalue weighted by Gasteiger charge is -2.32. The summed E-state index contributed by atoms with van der Waals surface area (Å²) in [5, 5.41) is 4.29. The number of aromatic nitrogens is 2. The van der Waals surface area contributed by atoms with Crippen LogP contribution in [0.5, 0.6) is 0 Å². The minimum atomic E-state index is -0.531. The van der Waals surface area contributed by atoms with E-state index < -0.39 is 18.3 Å². The Balaban J connectivity index is 1.98. The normalized spacial score (nSPS) is 19.6. The van der Waals surface area contributed by atoms with Gasteiger partial charge in [0.2, 0.25) is 0 Å². The van der Waals surface area contributed by atoms with Gasteiger partial charge in [0, 0.05) is 6.20 Å². The molecule has 0 radical (unpaired) electrons. The zero-order valence-corrected chi connectivity index (χ0v) is 13.6. The van der Waals surface area contributed by atoms with E-state index in [1.807, 2.05) is 39.8 Å². The molecule has 0 spiro atoms. The number of hydrogen-bond donors (Lipinski definition) is 0. The molecule has 6 heteroatoms. The molecule has 1 fully saturated rings. The van der Waals surface area contributed by atoms with E-state index >= 15 is 0 Å². The average Bonchev–Trinajstić information content (AvgIpc) is 2.96. The van der Waals surface area contributed by atoms with Gasteiger partial charge in [0.15, 0.2) is 0 Å². The summed E-state index contributed by atoms with van der Waals surface area (Å²) in [6, 6.07) is 6.87. The first-order valence-corrected chi connectivity index (χ1v) is 7.37. The van der Waals surface area contributed by atoms with Crippen molar-refractivity contribution in [2.45, 2.75) is 45.8 Å². The zero-order chi connectivity index (χ0) is 16.1. The highest BCUT2D eigenvalue weighted by Gasteiger charge is 2.52. The summed E-state index contributed by atoms with van der Waals surface area (Å²) >= 11 is 0. The fraction of sp³-hybridized carbons (Fsp3) is 0.438. The van der Waals surface area contributed by atoms with E-state index in [1.165, 1.54) is 6.07 Å². The summed E-state index contributed by atoms with van der Waals surface area (Å²) in [5.74, 6) is -0.257. The number of halogens is 1. The molecule has 2 aromatic rings. The summed E-state index contributed by atoms with van der Waals surface area (Å²) in [4.78, 5) is 0. The molecule has 0 atom stereocenters. The van der Waals surface area contributed by atoms with Crippen LogP contribution in [0.3, 0.4) is 0 Å². The summed E-state index contributed by atoms with van der Waals surface area (Å²) in [5.41, 5.74) is 1.16. The maximum Gasteiger partial charge on any atom is 0.514 e. The van der Waals surface area contributed by atoms with Gasteiger partial charge in [-0.2, -0.15) is 5.10 Å². The first kappa shape index (κ1) is 15.2. The van der Waals surface area contributed by atoms with E-state index in [1.54, 1.807) is 23.9 Å². The number of nitrogens with zero attached hydrogens (tertiary/aromatic N) is 2. The smallest absolute Gasteiger partial charge is 0.398 e. The first-order valence-electron chi connectivity index (χ1n) is 7.37. The Labute approximate surface area is 130 Å². The molecule has 0 unspecified atom stereocenters. The molecule has 0 amide bonds. The SMILES string of the molecule is Cc1ccc(-n2nccc2B2OC(C)(C)C(C)(C)O2)cc1F. The molecule has 116 valence electrons. The highest BCUT2D eigenvalue weighted by atomic mass is 19.1. The van der Waals surface area contributed by atoms with Gasteiger partial charge < -0.3 is 9.31 Å². The molecule has 1 aliphatic heterocycles. The second-order valence-corrected chi connectivity index (χ2v) is 6.69. The lowest BCUT2D eigenvalue weighted by Crippen LogP contribution is -2.41. The Kier molecular flexibility index (Phi) is 3.42. The van der Waals surface area contributed by atoms with Crippen LogP contribution in [0, 0.1) is 12.7 Å². The van der Waals surface area contributed by atoms with Gasteiger partial charge in [-0.15, -0.1) is 0 Å². The maximum atomic E-state index is 13.8. The van der Waals surface area contributed by atoms with E-state index in [0.717, 1.165) is 5.59 Å². The molecule has 3 rings (SSSR count). The third kappa shape index (κ3) is 2.36. The molecule has 1 aliphatic rings. The van der Waals surface area contributed by atoms with Gasteiger partial charge in [0.25, 0.3) is 0 Å². The molecule has 0 saturated carbocycles. The maximum absolute atomic E-state index is 13.8. The van der Waals surface area contributed by atoms with E-state index in [9.17, 15) is 4.39 Å². The monoisotopic (exact) mass is 302 g/mol. The van der Waals surface area contributed by atoms with Crippen LogP contribution >= 0.6 is 0 Å². The molecule has 1 aromatic carbocycles. The van der Waals surface area contributed by atoms with Crippen LogP contribution in [0.25, 0.3) is 5.69 Å². The summed E-state index contributed by atoms with van der Waals surface area (Å²) in [7, 11) is -0.531. The van der Waals surface area contributed by atoms with Crippen molar-refractivity contribution in [2.75, 3.05) is 0 Å². The van der Waals surface area contributed by atoms with E-state index in [2.05, 4.69) is 5.10 Å². The van der Waals surface area contributed by atoms with Gasteiger partial charge in [0.1, 0.15) is 5.82 Å². The topological polar surface area (TPSA) is 36.3 Å². The minimum Gasteiger partial charge on any atom is -0.398 e. The van der Waals surface area contributed by atoms with Crippen molar-refractivity contribution in [1.29, 1.82) is 0 Å². The second kappa shape index (κ2) is 4.93. The van der Waals surface area contributed by atoms with Crippen LogP contribution in [0.4, 0.5) is 4.39 Å². The number of aryl methyl sites for hydroxylation is 1. The van der Waals surface area contributed by atoms with Gasteiger partial charge in [-0.1, -0.05) is 6.07 Å². The standard InChI is InChI=1S/C16H20BFN2O2/c1-11-6-7-12(10-13(11)18)20-14(8-9-19-20)17-21-15(2,3)16(4,5)22-17/h6-10H,1-5H3. The molecule has 0 N–H and O–H groups in total. The first-order chi connectivity index (χ1) is 10.2. The quantitative estimate of drug-likeness (QED) is 0.800. The Morgan fingerprint density at radius 2 is 1.73 bits per heavy atom. The van der Waals surface area contributed by atoms with Crippen molar-refractivity contribution in [3.05, 3.63) is 41.8 Å². The average molecular weight is 302 g/mol. The Morgan fingerprint density at radius 1 is 1.09 bits per heavy atom. The van der Waals surface area contributed by atoms with Gasteiger partial charge in [-0.25, -0.2) is 9.07 Å². The second-order valence-electron chi connectivity index (χ2n) is 6.69. The third-order valence-corrected chi connectivity index (χ3v) is 4.57. The largest absolute Gasteiger partial charge is 0.514 e. The number of hydrogen-bond acceptors (Lipinski definition) is 3. The van der Waals surface area contributed by atoms with E-state index in [-0.39, 0.29) is 5.82 Å². The van der Waals surface area contributed by atoms with Gasteiger partial charge in [-0.05, 0) is 58.4 Å². The van der Waals surface area contributed by atoms with Crippen LogP contribution in [0.2, 0.25) is 0 Å². The van der Waals surface area contributed by atoms with Crippen molar-refractivity contribution < 1.29 is 13.7 Å². The van der Waals surface area contributed by atoms with Crippen molar-refractivity contribution in [2.24, 2.45) is 0 Å². The minimum absolute atomic E-state index is 0.257. The van der Waals surface area contributed by atoms with Crippen LogP contribution < -0.4 is 5.59 Å². The van der Waals surface area contributed by atoms with Crippen molar-refractivity contribution in [1.82, 2.24) is 9.78 Å². The van der Waals surface area contributed by atoms with Crippen LogP contribution in [0.1, 0.15) is 33.3 Å². The van der Waals surface area contributed by atoms with E-state index in [4.69, 9.17) is 9.31 Å². The summed E-state index contributed by atoms with van der Waals surface area (Å²) < 4.78 is 27.6. The van der Waals surface area contributed by atoms with Crippen LogP contribution in [0.15, 0.2) is 30.5 Å². The Morgan fingerprint density at radius 3 is 2.32 bits per heavy atom. The number of benzene rings is 1. The lowest BCUT2D eigenvalue weighted by atomic mass is 9.84. The molecule has 1 aromatic heterocycles. The van der Waals surface area contributed by atoms with Crippen molar-refractivity contribution in [3.63, 3.8) is 0 Å². The fourth-order valence-corrected chi connectivity index (χ4v) is 2.39. The lowest BCUT2D eigenvalue weighted by molar-refractivity contribution is 0.00578. The summed E-state index contributed by atoms with van der Waals surface area (Å²) in [6.07, 6.45) is 1.66. The molecular weight excluding hydrogens is 282 g/mol. The van der Waals surface area contributed by atoms with Gasteiger partial charge in [-0.3, -0.25) is 0 Å². The Bertz CT molecular complexity index is 696. The van der Waals surface area contributed by atoms with Gasteiger partial charge >= 0.3 is 7.12 Å². The highest BCUT2D eigenvalue weighted by molar-refractivity contribution is 6.61. The third-order valence-electron chi connectivity index (χ3n) is 4.57. The molecule has 0 bridgehead atoms. The molecule has 2 heterocycles. The molecular formula is C16H20BFN2O2. The van der Waals surface area contributed by atoms with Crippen LogP contribution in [-0.2, 0) is 9.31 Å². The summed E-state index contributed by atoms with van der Waals surface area (Å²) in [6.45, 7) is 9.73. The zero-order valence-electron chi connectivity index (χ0n) is 13.6. The van der Waals surface area contributed by atoms with Gasteiger partial charge in [0.05, 0.1) is 22.5 Å². The number of rotatable bonds is 2.